The Morgan fingerprint density at radius 2 is 1.92 bits per heavy atom. The molecule has 1 fully saturated rings. The summed E-state index contributed by atoms with van der Waals surface area (Å²) in [4.78, 5) is 2.20. The molecule has 8 heteroatoms. The van der Waals surface area contributed by atoms with E-state index in [-0.39, 0.29) is 4.90 Å². The zero-order valence-corrected chi connectivity index (χ0v) is 17.3. The first-order valence-electron chi connectivity index (χ1n) is 8.72. The molecule has 1 aromatic carbocycles. The maximum absolute atomic E-state index is 12.9. The second kappa shape index (κ2) is 8.83. The number of rotatable bonds is 6. The Kier molecular flexibility index (Phi) is 7.02. The summed E-state index contributed by atoms with van der Waals surface area (Å²) in [7, 11) is 0.321. The topological polar surface area (TPSA) is 64.7 Å². The Morgan fingerprint density at radius 1 is 1.27 bits per heavy atom. The fraction of sp³-hybridized carbons (Fsp3) is 0.500. The molecule has 1 aromatic rings. The van der Waals surface area contributed by atoms with Gasteiger partial charge in [0.15, 0.2) is 5.11 Å². The number of nitrogens with zero attached hydrogens (tertiary/aromatic N) is 2. The summed E-state index contributed by atoms with van der Waals surface area (Å²) in [5, 5.41) is 6.61. The van der Waals surface area contributed by atoms with Crippen LogP contribution >= 0.6 is 12.2 Å². The van der Waals surface area contributed by atoms with Crippen LogP contribution in [0, 0.1) is 0 Å². The van der Waals surface area contributed by atoms with Gasteiger partial charge in [0, 0.05) is 33.7 Å². The first kappa shape index (κ1) is 20.7. The highest BCUT2D eigenvalue weighted by atomic mass is 32.2. The van der Waals surface area contributed by atoms with Crippen molar-refractivity contribution in [3.05, 3.63) is 30.4 Å². The Morgan fingerprint density at radius 3 is 2.50 bits per heavy atom. The molecule has 0 bridgehead atoms. The highest BCUT2D eigenvalue weighted by Gasteiger charge is 2.26. The van der Waals surface area contributed by atoms with Gasteiger partial charge in [-0.3, -0.25) is 0 Å². The number of hydrogen-bond acceptors (Lipinski definition) is 4. The van der Waals surface area contributed by atoms with E-state index in [0.29, 0.717) is 30.4 Å². The van der Waals surface area contributed by atoms with Crippen LogP contribution in [0.4, 0.5) is 11.4 Å². The van der Waals surface area contributed by atoms with Crippen molar-refractivity contribution < 1.29 is 8.42 Å². The molecule has 0 spiro atoms. The number of nitrogens with one attached hydrogen (secondary N) is 2. The van der Waals surface area contributed by atoms with E-state index < -0.39 is 10.0 Å². The highest BCUT2D eigenvalue weighted by molar-refractivity contribution is 7.89. The van der Waals surface area contributed by atoms with Crippen molar-refractivity contribution in [1.82, 2.24) is 9.62 Å². The first-order chi connectivity index (χ1) is 12.2. The quantitative estimate of drug-likeness (QED) is 0.569. The zero-order valence-electron chi connectivity index (χ0n) is 15.7. The van der Waals surface area contributed by atoms with Gasteiger partial charge in [-0.15, -0.1) is 0 Å². The second-order valence-corrected chi connectivity index (χ2v) is 9.15. The summed E-state index contributed by atoms with van der Waals surface area (Å²) in [5.41, 5.74) is 2.48. The summed E-state index contributed by atoms with van der Waals surface area (Å²) in [6, 6.07) is 5.13. The average molecular weight is 397 g/mol. The van der Waals surface area contributed by atoms with Crippen molar-refractivity contribution in [1.29, 1.82) is 0 Å². The second-order valence-electron chi connectivity index (χ2n) is 6.80. The predicted molar refractivity (Wildman–Crippen MR) is 112 cm³/mol. The summed E-state index contributed by atoms with van der Waals surface area (Å²) in [6.45, 7) is 7.47. The number of benzene rings is 1. The lowest BCUT2D eigenvalue weighted by molar-refractivity contribution is 0.346. The number of piperidine rings is 1. The lowest BCUT2D eigenvalue weighted by atomic mass is 10.2. The van der Waals surface area contributed by atoms with Gasteiger partial charge in [0.25, 0.3) is 0 Å². The lowest BCUT2D eigenvalue weighted by Gasteiger charge is -2.27. The van der Waals surface area contributed by atoms with E-state index >= 15 is 0 Å². The molecule has 1 heterocycles. The minimum Gasteiger partial charge on any atom is -0.376 e. The molecule has 1 saturated heterocycles. The Labute approximate surface area is 162 Å². The number of hydrogen-bond donors (Lipinski definition) is 2. The van der Waals surface area contributed by atoms with Crippen LogP contribution in [0.3, 0.4) is 0 Å². The molecule has 0 unspecified atom stereocenters. The molecule has 2 N–H and O–H groups in total. The van der Waals surface area contributed by atoms with Crippen LogP contribution in [0.1, 0.15) is 26.2 Å². The normalized spacial score (nSPS) is 15.3. The summed E-state index contributed by atoms with van der Waals surface area (Å²) in [6.07, 6.45) is 2.91. The summed E-state index contributed by atoms with van der Waals surface area (Å²) in [5.74, 6) is 0. The summed E-state index contributed by atoms with van der Waals surface area (Å²) >= 11 is 5.32. The van der Waals surface area contributed by atoms with E-state index in [1.807, 2.05) is 25.9 Å². The van der Waals surface area contributed by atoms with Crippen LogP contribution in [-0.2, 0) is 10.0 Å². The lowest BCUT2D eigenvalue weighted by Crippen LogP contribution is -2.35. The SMILES string of the molecule is C=C(C)CNC(=S)Nc1cc(S(=O)(=O)N2CCCCC2)ccc1N(C)C. The van der Waals surface area contributed by atoms with Crippen LogP contribution in [0.5, 0.6) is 0 Å². The van der Waals surface area contributed by atoms with E-state index in [9.17, 15) is 8.42 Å². The van der Waals surface area contributed by atoms with Crippen LogP contribution in [-0.4, -0.2) is 51.6 Å². The molecular formula is C18H28N4O2S2. The largest absolute Gasteiger partial charge is 0.376 e. The Bertz CT molecular complexity index is 769. The maximum atomic E-state index is 12.9. The highest BCUT2D eigenvalue weighted by Crippen LogP contribution is 2.30. The van der Waals surface area contributed by atoms with Crippen molar-refractivity contribution in [3.8, 4) is 0 Å². The number of thiocarbonyl (C=S) groups is 1. The molecule has 1 aliphatic rings. The van der Waals surface area contributed by atoms with E-state index in [4.69, 9.17) is 12.2 Å². The average Bonchev–Trinajstić information content (AvgIpc) is 2.60. The molecule has 0 radical (unpaired) electrons. The fourth-order valence-corrected chi connectivity index (χ4v) is 4.54. The van der Waals surface area contributed by atoms with Gasteiger partial charge in [-0.2, -0.15) is 4.31 Å². The minimum atomic E-state index is -3.49. The van der Waals surface area contributed by atoms with Crippen molar-refractivity contribution in [2.24, 2.45) is 0 Å². The molecule has 2 rings (SSSR count). The number of anilines is 2. The molecule has 26 heavy (non-hydrogen) atoms. The van der Waals surface area contributed by atoms with Gasteiger partial charge in [-0.05, 0) is 50.2 Å². The minimum absolute atomic E-state index is 0.287. The van der Waals surface area contributed by atoms with Crippen molar-refractivity contribution in [2.75, 3.05) is 43.9 Å². The Balaban J connectivity index is 2.29. The van der Waals surface area contributed by atoms with Crippen molar-refractivity contribution in [3.63, 3.8) is 0 Å². The third-order valence-electron chi connectivity index (χ3n) is 4.20. The van der Waals surface area contributed by atoms with Gasteiger partial charge < -0.3 is 15.5 Å². The van der Waals surface area contributed by atoms with Gasteiger partial charge in [-0.1, -0.05) is 18.6 Å². The van der Waals surface area contributed by atoms with E-state index in [1.54, 1.807) is 22.5 Å². The molecule has 1 aliphatic heterocycles. The smallest absolute Gasteiger partial charge is 0.243 e. The van der Waals surface area contributed by atoms with Gasteiger partial charge in [0.2, 0.25) is 10.0 Å². The van der Waals surface area contributed by atoms with Crippen molar-refractivity contribution in [2.45, 2.75) is 31.1 Å². The molecule has 0 amide bonds. The van der Waals surface area contributed by atoms with E-state index in [2.05, 4.69) is 17.2 Å². The molecule has 6 nitrogen and oxygen atoms in total. The van der Waals surface area contributed by atoms with Crippen LogP contribution in [0.25, 0.3) is 0 Å². The van der Waals surface area contributed by atoms with Crippen LogP contribution in [0.2, 0.25) is 0 Å². The predicted octanol–water partition coefficient (Wildman–Crippen LogP) is 2.79. The van der Waals surface area contributed by atoms with Crippen LogP contribution < -0.4 is 15.5 Å². The standard InChI is InChI=1S/C18H28N4O2S2/c1-14(2)13-19-18(25)20-16-12-15(8-9-17(16)21(3)4)26(23,24)22-10-6-5-7-11-22/h8-9,12H,1,5-7,10-11,13H2,2-4H3,(H2,19,20,25). The maximum Gasteiger partial charge on any atom is 0.243 e. The summed E-state index contributed by atoms with van der Waals surface area (Å²) < 4.78 is 27.5. The van der Waals surface area contributed by atoms with Crippen molar-refractivity contribution >= 4 is 38.7 Å². The molecule has 0 atom stereocenters. The van der Waals surface area contributed by atoms with E-state index in [1.165, 1.54) is 0 Å². The molecule has 144 valence electrons. The third kappa shape index (κ3) is 5.18. The Hall–Kier alpha value is -1.64. The zero-order chi connectivity index (χ0) is 19.3. The molecular weight excluding hydrogens is 368 g/mol. The van der Waals surface area contributed by atoms with Gasteiger partial charge >= 0.3 is 0 Å². The number of sulfonamides is 1. The molecule has 0 aromatic heterocycles. The van der Waals surface area contributed by atoms with Crippen LogP contribution in [0.15, 0.2) is 35.2 Å². The van der Waals surface area contributed by atoms with E-state index in [0.717, 1.165) is 30.5 Å². The fourth-order valence-electron chi connectivity index (χ4n) is 2.82. The first-order valence-corrected chi connectivity index (χ1v) is 10.6. The monoisotopic (exact) mass is 396 g/mol. The molecule has 0 saturated carbocycles. The van der Waals surface area contributed by atoms with Gasteiger partial charge in [0.1, 0.15) is 0 Å². The third-order valence-corrected chi connectivity index (χ3v) is 6.34. The molecule has 0 aliphatic carbocycles. The van der Waals surface area contributed by atoms with Gasteiger partial charge in [-0.25, -0.2) is 8.42 Å². The van der Waals surface area contributed by atoms with Gasteiger partial charge in [0.05, 0.1) is 16.3 Å².